The summed E-state index contributed by atoms with van der Waals surface area (Å²) in [4.78, 5) is 14.2. The summed E-state index contributed by atoms with van der Waals surface area (Å²) in [6.07, 6.45) is 5.14. The molecule has 0 radical (unpaired) electrons. The van der Waals surface area contributed by atoms with Crippen LogP contribution in [-0.2, 0) is 4.79 Å². The zero-order valence-electron chi connectivity index (χ0n) is 10.7. The summed E-state index contributed by atoms with van der Waals surface area (Å²) in [6.45, 7) is 7.40. The molecule has 1 heterocycles. The second kappa shape index (κ2) is 4.74. The maximum atomic E-state index is 12.1. The van der Waals surface area contributed by atoms with Crippen LogP contribution in [0.2, 0.25) is 0 Å². The zero-order chi connectivity index (χ0) is 11.7. The monoisotopic (exact) mass is 224 g/mol. The van der Waals surface area contributed by atoms with Crippen molar-refractivity contribution in [2.24, 2.45) is 11.8 Å². The van der Waals surface area contributed by atoms with Gasteiger partial charge in [0.1, 0.15) is 0 Å². The SMILES string of the molecule is CC(C)CC1NC(C)N(CCC2CC2)C1=O. The van der Waals surface area contributed by atoms with Crippen LogP contribution in [0.5, 0.6) is 0 Å². The minimum Gasteiger partial charge on any atom is -0.326 e. The summed E-state index contributed by atoms with van der Waals surface area (Å²) in [5.74, 6) is 1.81. The Labute approximate surface area is 98.6 Å². The van der Waals surface area contributed by atoms with Gasteiger partial charge in [0.25, 0.3) is 0 Å². The van der Waals surface area contributed by atoms with E-state index in [9.17, 15) is 4.79 Å². The summed E-state index contributed by atoms with van der Waals surface area (Å²) in [5.41, 5.74) is 0. The van der Waals surface area contributed by atoms with E-state index in [1.165, 1.54) is 19.3 Å². The van der Waals surface area contributed by atoms with E-state index in [2.05, 4.69) is 26.1 Å². The first kappa shape index (κ1) is 11.9. The predicted octanol–water partition coefficient (Wildman–Crippen LogP) is 1.98. The average molecular weight is 224 g/mol. The Balaban J connectivity index is 1.84. The Hall–Kier alpha value is -0.570. The van der Waals surface area contributed by atoms with Crippen molar-refractivity contribution < 1.29 is 4.79 Å². The number of carbonyl (C=O) groups excluding carboxylic acids is 1. The molecular weight excluding hydrogens is 200 g/mol. The van der Waals surface area contributed by atoms with Crippen molar-refractivity contribution in [3.63, 3.8) is 0 Å². The Morgan fingerprint density at radius 1 is 1.44 bits per heavy atom. The van der Waals surface area contributed by atoms with Crippen molar-refractivity contribution >= 4 is 5.91 Å². The summed E-state index contributed by atoms with van der Waals surface area (Å²) in [5, 5.41) is 3.41. The average Bonchev–Trinajstić information content (AvgIpc) is 2.96. The Bertz CT molecular complexity index is 261. The normalized spacial score (nSPS) is 30.5. The lowest BCUT2D eigenvalue weighted by Gasteiger charge is -2.20. The molecule has 1 saturated carbocycles. The van der Waals surface area contributed by atoms with Crippen LogP contribution in [0.25, 0.3) is 0 Å². The second-order valence-corrected chi connectivity index (χ2v) is 5.79. The molecule has 16 heavy (non-hydrogen) atoms. The van der Waals surface area contributed by atoms with Gasteiger partial charge in [0.2, 0.25) is 5.91 Å². The van der Waals surface area contributed by atoms with Gasteiger partial charge in [-0.05, 0) is 31.6 Å². The van der Waals surface area contributed by atoms with Crippen LogP contribution in [0.4, 0.5) is 0 Å². The third-order valence-corrected chi connectivity index (χ3v) is 3.67. The maximum absolute atomic E-state index is 12.1. The summed E-state index contributed by atoms with van der Waals surface area (Å²) < 4.78 is 0. The molecule has 1 saturated heterocycles. The number of carbonyl (C=O) groups is 1. The van der Waals surface area contributed by atoms with E-state index >= 15 is 0 Å². The molecule has 3 heteroatoms. The molecule has 0 spiro atoms. The summed E-state index contributed by atoms with van der Waals surface area (Å²) in [7, 11) is 0. The highest BCUT2D eigenvalue weighted by Gasteiger charge is 2.36. The van der Waals surface area contributed by atoms with Gasteiger partial charge in [-0.15, -0.1) is 0 Å². The van der Waals surface area contributed by atoms with Gasteiger partial charge >= 0.3 is 0 Å². The zero-order valence-corrected chi connectivity index (χ0v) is 10.7. The van der Waals surface area contributed by atoms with Gasteiger partial charge in [-0.3, -0.25) is 10.1 Å². The molecule has 1 N–H and O–H groups in total. The molecule has 2 atom stereocenters. The molecule has 2 aliphatic rings. The molecule has 0 aromatic carbocycles. The van der Waals surface area contributed by atoms with E-state index in [4.69, 9.17) is 0 Å². The third-order valence-electron chi connectivity index (χ3n) is 3.67. The molecule has 0 aromatic rings. The molecule has 2 rings (SSSR count). The molecular formula is C13H24N2O. The fraction of sp³-hybridized carbons (Fsp3) is 0.923. The number of hydrogen-bond acceptors (Lipinski definition) is 2. The lowest BCUT2D eigenvalue weighted by Crippen LogP contribution is -2.35. The van der Waals surface area contributed by atoms with E-state index in [0.29, 0.717) is 11.8 Å². The highest BCUT2D eigenvalue weighted by atomic mass is 16.2. The van der Waals surface area contributed by atoms with E-state index in [1.54, 1.807) is 0 Å². The van der Waals surface area contributed by atoms with Gasteiger partial charge < -0.3 is 4.90 Å². The lowest BCUT2D eigenvalue weighted by molar-refractivity contribution is -0.130. The largest absolute Gasteiger partial charge is 0.326 e. The fourth-order valence-corrected chi connectivity index (χ4v) is 2.52. The molecule has 1 aliphatic carbocycles. The highest BCUT2D eigenvalue weighted by Crippen LogP contribution is 2.33. The quantitative estimate of drug-likeness (QED) is 0.774. The molecule has 0 aromatic heterocycles. The summed E-state index contributed by atoms with van der Waals surface area (Å²) >= 11 is 0. The first-order valence-electron chi connectivity index (χ1n) is 6.64. The molecule has 92 valence electrons. The molecule has 3 nitrogen and oxygen atoms in total. The number of nitrogens with zero attached hydrogens (tertiary/aromatic N) is 1. The lowest BCUT2D eigenvalue weighted by atomic mass is 10.0. The van der Waals surface area contributed by atoms with Crippen LogP contribution in [0.3, 0.4) is 0 Å². The Morgan fingerprint density at radius 2 is 2.12 bits per heavy atom. The van der Waals surface area contributed by atoms with Gasteiger partial charge in [0.05, 0.1) is 12.2 Å². The minimum atomic E-state index is 0.0641. The smallest absolute Gasteiger partial charge is 0.241 e. The Morgan fingerprint density at radius 3 is 2.69 bits per heavy atom. The molecule has 1 aliphatic heterocycles. The van der Waals surface area contributed by atoms with E-state index in [0.717, 1.165) is 18.9 Å². The van der Waals surface area contributed by atoms with Crippen molar-refractivity contribution in [1.82, 2.24) is 10.2 Å². The molecule has 2 unspecified atom stereocenters. The van der Waals surface area contributed by atoms with E-state index in [-0.39, 0.29) is 12.2 Å². The number of nitrogens with one attached hydrogen (secondary N) is 1. The first-order chi connectivity index (χ1) is 7.58. The topological polar surface area (TPSA) is 32.3 Å². The van der Waals surface area contributed by atoms with Crippen LogP contribution >= 0.6 is 0 Å². The van der Waals surface area contributed by atoms with Gasteiger partial charge in [0.15, 0.2) is 0 Å². The van der Waals surface area contributed by atoms with Crippen LogP contribution in [0, 0.1) is 11.8 Å². The molecule has 2 fully saturated rings. The maximum Gasteiger partial charge on any atom is 0.241 e. The predicted molar refractivity (Wildman–Crippen MR) is 64.9 cm³/mol. The third kappa shape index (κ3) is 2.76. The van der Waals surface area contributed by atoms with Crippen molar-refractivity contribution in [2.75, 3.05) is 6.54 Å². The van der Waals surface area contributed by atoms with E-state index < -0.39 is 0 Å². The highest BCUT2D eigenvalue weighted by molar-refractivity contribution is 5.84. The minimum absolute atomic E-state index is 0.0641. The van der Waals surface area contributed by atoms with Gasteiger partial charge in [-0.25, -0.2) is 0 Å². The van der Waals surface area contributed by atoms with Crippen molar-refractivity contribution in [3.8, 4) is 0 Å². The molecule has 0 bridgehead atoms. The van der Waals surface area contributed by atoms with Crippen LogP contribution in [0.15, 0.2) is 0 Å². The number of rotatable bonds is 5. The standard InChI is InChI=1S/C13H24N2O/c1-9(2)8-12-13(16)15(10(3)14-12)7-6-11-4-5-11/h9-12,14H,4-8H2,1-3H3. The van der Waals surface area contributed by atoms with Gasteiger partial charge in [-0.2, -0.15) is 0 Å². The van der Waals surface area contributed by atoms with Gasteiger partial charge in [-0.1, -0.05) is 26.7 Å². The first-order valence-corrected chi connectivity index (χ1v) is 6.64. The van der Waals surface area contributed by atoms with Gasteiger partial charge in [0, 0.05) is 6.54 Å². The van der Waals surface area contributed by atoms with Crippen LogP contribution in [-0.4, -0.2) is 29.6 Å². The molecule has 1 amide bonds. The van der Waals surface area contributed by atoms with Crippen molar-refractivity contribution in [1.29, 1.82) is 0 Å². The second-order valence-electron chi connectivity index (χ2n) is 5.79. The number of hydrogen-bond donors (Lipinski definition) is 1. The van der Waals surface area contributed by atoms with Crippen molar-refractivity contribution in [2.45, 2.75) is 58.7 Å². The fourth-order valence-electron chi connectivity index (χ4n) is 2.52. The summed E-state index contributed by atoms with van der Waals surface area (Å²) in [6, 6.07) is 0.0641. The van der Waals surface area contributed by atoms with Crippen molar-refractivity contribution in [3.05, 3.63) is 0 Å². The number of amides is 1. The van der Waals surface area contributed by atoms with E-state index in [1.807, 2.05) is 4.90 Å². The van der Waals surface area contributed by atoms with Crippen LogP contribution < -0.4 is 5.32 Å². The van der Waals surface area contributed by atoms with Crippen LogP contribution in [0.1, 0.15) is 46.5 Å². The Kier molecular flexibility index (Phi) is 3.53.